The Bertz CT molecular complexity index is 922. The summed E-state index contributed by atoms with van der Waals surface area (Å²) in [6.07, 6.45) is 1.26. The van der Waals surface area contributed by atoms with Crippen LogP contribution in [0.25, 0.3) is 11.1 Å². The first-order valence-corrected chi connectivity index (χ1v) is 8.01. The van der Waals surface area contributed by atoms with Crippen LogP contribution in [-0.4, -0.2) is 13.4 Å². The number of fused-ring (bicyclic) bond motifs is 1. The van der Waals surface area contributed by atoms with Gasteiger partial charge in [-0.25, -0.2) is 13.4 Å². The van der Waals surface area contributed by atoms with Gasteiger partial charge in [-0.1, -0.05) is 23.2 Å². The van der Waals surface area contributed by atoms with Gasteiger partial charge >= 0.3 is 0 Å². The molecule has 0 aliphatic carbocycles. The van der Waals surface area contributed by atoms with Gasteiger partial charge in [0.15, 0.2) is 12.0 Å². The Labute approximate surface area is 130 Å². The highest BCUT2D eigenvalue weighted by Gasteiger charge is 2.16. The van der Waals surface area contributed by atoms with Crippen molar-refractivity contribution in [2.75, 3.05) is 4.72 Å². The summed E-state index contributed by atoms with van der Waals surface area (Å²) in [4.78, 5) is 4.00. The van der Waals surface area contributed by atoms with E-state index < -0.39 is 10.0 Å². The van der Waals surface area contributed by atoms with Gasteiger partial charge in [0.1, 0.15) is 5.52 Å². The van der Waals surface area contributed by atoms with Crippen LogP contribution in [-0.2, 0) is 10.0 Å². The number of hydrogen-bond acceptors (Lipinski definition) is 4. The Morgan fingerprint density at radius 3 is 2.62 bits per heavy atom. The summed E-state index contributed by atoms with van der Waals surface area (Å²) in [5.41, 5.74) is 1.30. The summed E-state index contributed by atoms with van der Waals surface area (Å²) in [7, 11) is -3.75. The number of oxazole rings is 1. The minimum absolute atomic E-state index is 0.0674. The molecule has 0 saturated carbocycles. The predicted octanol–water partition coefficient (Wildman–Crippen LogP) is 3.94. The lowest BCUT2D eigenvalue weighted by molar-refractivity contribution is 0.594. The zero-order valence-corrected chi connectivity index (χ0v) is 12.7. The highest BCUT2D eigenvalue weighted by atomic mass is 35.5. The molecule has 1 heterocycles. The first kappa shape index (κ1) is 14.2. The van der Waals surface area contributed by atoms with Crippen molar-refractivity contribution in [3.63, 3.8) is 0 Å². The van der Waals surface area contributed by atoms with Crippen LogP contribution in [0.1, 0.15) is 0 Å². The van der Waals surface area contributed by atoms with Crippen LogP contribution in [0, 0.1) is 0 Å². The number of hydrogen-bond donors (Lipinski definition) is 1. The van der Waals surface area contributed by atoms with E-state index in [1.165, 1.54) is 36.7 Å². The molecular formula is C13H8Cl2N2O3S. The SMILES string of the molecule is O=S(=O)(Nc1ccc(Cl)c(Cl)c1)c1ccc2ncoc2c1. The fourth-order valence-electron chi connectivity index (χ4n) is 1.78. The zero-order valence-electron chi connectivity index (χ0n) is 10.4. The lowest BCUT2D eigenvalue weighted by atomic mass is 10.3. The fourth-order valence-corrected chi connectivity index (χ4v) is 3.14. The van der Waals surface area contributed by atoms with Crippen molar-refractivity contribution >= 4 is 50.0 Å². The summed E-state index contributed by atoms with van der Waals surface area (Å²) in [6.45, 7) is 0. The van der Waals surface area contributed by atoms with Gasteiger partial charge in [-0.3, -0.25) is 4.72 Å². The Hall–Kier alpha value is -1.76. The molecule has 0 fully saturated rings. The van der Waals surface area contributed by atoms with Gasteiger partial charge in [0.05, 0.1) is 20.6 Å². The lowest BCUT2D eigenvalue weighted by Crippen LogP contribution is -2.12. The molecule has 5 nitrogen and oxygen atoms in total. The third-order valence-corrected chi connectivity index (χ3v) is 4.90. The molecule has 3 rings (SSSR count). The molecule has 1 N–H and O–H groups in total. The number of nitrogens with zero attached hydrogens (tertiary/aromatic N) is 1. The molecule has 8 heteroatoms. The highest BCUT2D eigenvalue weighted by Crippen LogP contribution is 2.27. The zero-order chi connectivity index (χ0) is 15.0. The number of nitrogens with one attached hydrogen (secondary N) is 1. The van der Waals surface area contributed by atoms with E-state index in [1.807, 2.05) is 0 Å². The third kappa shape index (κ3) is 2.83. The molecule has 0 aliphatic heterocycles. The standard InChI is InChI=1S/C13H8Cl2N2O3S/c14-10-3-1-8(5-11(10)15)17-21(18,19)9-2-4-12-13(6-9)20-7-16-12/h1-7,17H. The van der Waals surface area contributed by atoms with Crippen molar-refractivity contribution in [2.45, 2.75) is 4.90 Å². The number of benzene rings is 2. The molecule has 3 aromatic rings. The number of halogens is 2. The first-order chi connectivity index (χ1) is 9.95. The number of sulfonamides is 1. The van der Waals surface area contributed by atoms with Crippen LogP contribution in [0.5, 0.6) is 0 Å². The molecule has 0 bridgehead atoms. The van der Waals surface area contributed by atoms with Crippen LogP contribution in [0.2, 0.25) is 10.0 Å². The van der Waals surface area contributed by atoms with Crippen molar-refractivity contribution in [1.82, 2.24) is 4.98 Å². The lowest BCUT2D eigenvalue weighted by Gasteiger charge is -2.08. The molecule has 0 amide bonds. The Morgan fingerprint density at radius 1 is 1.05 bits per heavy atom. The molecule has 0 unspecified atom stereocenters. The van der Waals surface area contributed by atoms with Crippen LogP contribution < -0.4 is 4.72 Å². The summed E-state index contributed by atoms with van der Waals surface area (Å²) in [5.74, 6) is 0. The Morgan fingerprint density at radius 2 is 1.86 bits per heavy atom. The van der Waals surface area contributed by atoms with Crippen molar-refractivity contribution < 1.29 is 12.8 Å². The molecule has 1 aromatic heterocycles. The van der Waals surface area contributed by atoms with Gasteiger partial charge in [0, 0.05) is 6.07 Å². The van der Waals surface area contributed by atoms with E-state index in [2.05, 4.69) is 9.71 Å². The minimum Gasteiger partial charge on any atom is -0.443 e. The van der Waals surface area contributed by atoms with Gasteiger partial charge in [-0.2, -0.15) is 0 Å². The number of aromatic nitrogens is 1. The normalized spacial score (nSPS) is 11.7. The summed E-state index contributed by atoms with van der Waals surface area (Å²) in [5, 5.41) is 0.616. The van der Waals surface area contributed by atoms with Gasteiger partial charge in [-0.05, 0) is 30.3 Å². The molecule has 0 atom stereocenters. The van der Waals surface area contributed by atoms with Crippen molar-refractivity contribution in [3.05, 3.63) is 52.8 Å². The van der Waals surface area contributed by atoms with Crippen LogP contribution in [0.15, 0.2) is 52.1 Å². The fraction of sp³-hybridized carbons (Fsp3) is 0. The Kier molecular flexibility index (Phi) is 3.52. The average Bonchev–Trinajstić information content (AvgIpc) is 2.90. The van der Waals surface area contributed by atoms with E-state index in [9.17, 15) is 8.42 Å². The third-order valence-electron chi connectivity index (χ3n) is 2.78. The number of anilines is 1. The highest BCUT2D eigenvalue weighted by molar-refractivity contribution is 7.92. The molecule has 0 saturated heterocycles. The monoisotopic (exact) mass is 342 g/mol. The van der Waals surface area contributed by atoms with Gasteiger partial charge in [-0.15, -0.1) is 0 Å². The Balaban J connectivity index is 1.97. The van der Waals surface area contributed by atoms with E-state index in [0.717, 1.165) is 0 Å². The molecule has 21 heavy (non-hydrogen) atoms. The van der Waals surface area contributed by atoms with Crippen molar-refractivity contribution in [3.8, 4) is 0 Å². The van der Waals surface area contributed by atoms with Crippen LogP contribution in [0.4, 0.5) is 5.69 Å². The average molecular weight is 343 g/mol. The first-order valence-electron chi connectivity index (χ1n) is 5.77. The molecule has 0 aliphatic rings. The van der Waals surface area contributed by atoms with Gasteiger partial charge < -0.3 is 4.42 Å². The molecule has 2 aromatic carbocycles. The second-order valence-electron chi connectivity index (χ2n) is 4.22. The van der Waals surface area contributed by atoms with Gasteiger partial charge in [0.25, 0.3) is 10.0 Å². The number of rotatable bonds is 3. The predicted molar refractivity (Wildman–Crippen MR) is 81.3 cm³/mol. The maximum atomic E-state index is 12.3. The largest absolute Gasteiger partial charge is 0.443 e. The summed E-state index contributed by atoms with van der Waals surface area (Å²) >= 11 is 11.7. The second-order valence-corrected chi connectivity index (χ2v) is 6.71. The van der Waals surface area contributed by atoms with E-state index in [4.69, 9.17) is 27.6 Å². The maximum absolute atomic E-state index is 12.3. The van der Waals surface area contributed by atoms with Crippen LogP contribution >= 0.6 is 23.2 Å². The second kappa shape index (κ2) is 5.22. The maximum Gasteiger partial charge on any atom is 0.262 e. The molecule has 0 spiro atoms. The van der Waals surface area contributed by atoms with E-state index in [0.29, 0.717) is 21.8 Å². The quantitative estimate of drug-likeness (QED) is 0.782. The van der Waals surface area contributed by atoms with E-state index in [1.54, 1.807) is 6.07 Å². The summed E-state index contributed by atoms with van der Waals surface area (Å²) < 4.78 is 32.2. The van der Waals surface area contributed by atoms with Crippen molar-refractivity contribution in [2.24, 2.45) is 0 Å². The topological polar surface area (TPSA) is 72.2 Å². The van der Waals surface area contributed by atoms with Gasteiger partial charge in [0.2, 0.25) is 0 Å². The van der Waals surface area contributed by atoms with Crippen molar-refractivity contribution in [1.29, 1.82) is 0 Å². The van der Waals surface area contributed by atoms with Crippen LogP contribution in [0.3, 0.4) is 0 Å². The summed E-state index contributed by atoms with van der Waals surface area (Å²) in [6, 6.07) is 8.91. The smallest absolute Gasteiger partial charge is 0.262 e. The van der Waals surface area contributed by atoms with E-state index >= 15 is 0 Å². The minimum atomic E-state index is -3.75. The molecule has 108 valence electrons. The molecular weight excluding hydrogens is 335 g/mol. The van der Waals surface area contributed by atoms with E-state index in [-0.39, 0.29) is 9.92 Å². The molecule has 0 radical (unpaired) electrons.